The van der Waals surface area contributed by atoms with Crippen molar-refractivity contribution in [2.24, 2.45) is 0 Å². The third-order valence-corrected chi connectivity index (χ3v) is 3.54. The van der Waals surface area contributed by atoms with Crippen LogP contribution in [0.4, 0.5) is 10.5 Å². The van der Waals surface area contributed by atoms with Gasteiger partial charge in [0.2, 0.25) is 0 Å². The smallest absolute Gasteiger partial charge is 0.411 e. The van der Waals surface area contributed by atoms with Crippen molar-refractivity contribution < 1.29 is 19.1 Å². The maximum absolute atomic E-state index is 12.5. The molecule has 2 rings (SSSR count). The van der Waals surface area contributed by atoms with E-state index in [1.54, 1.807) is 36.3 Å². The van der Waals surface area contributed by atoms with Crippen LogP contribution in [-0.2, 0) is 9.47 Å². The van der Waals surface area contributed by atoms with Crippen LogP contribution in [-0.4, -0.2) is 50.3 Å². The average molecular weight is 292 g/mol. The van der Waals surface area contributed by atoms with Crippen LogP contribution in [0.2, 0.25) is 0 Å². The zero-order valence-electron chi connectivity index (χ0n) is 12.3. The molecule has 6 heteroatoms. The lowest BCUT2D eigenvalue weighted by Gasteiger charge is -2.32. The molecule has 2 amide bonds. The lowest BCUT2D eigenvalue weighted by molar-refractivity contribution is 0.0269. The number of benzene rings is 1. The molecule has 21 heavy (non-hydrogen) atoms. The van der Waals surface area contributed by atoms with Gasteiger partial charge in [-0.3, -0.25) is 10.1 Å². The van der Waals surface area contributed by atoms with Crippen molar-refractivity contribution in [3.63, 3.8) is 0 Å². The molecule has 0 aromatic heterocycles. The fourth-order valence-electron chi connectivity index (χ4n) is 2.40. The standard InChI is InChI=1S/C15H20N2O4/c1-20-13-7-4-8-17(10-13)14(18)11-5-3-6-12(9-11)16-15(19)21-2/h3,5-6,9,13H,4,7-8,10H2,1-2H3,(H,16,19)/t13-/m1/s1. The Balaban J connectivity index is 2.08. The van der Waals surface area contributed by atoms with Crippen LogP contribution in [0.3, 0.4) is 0 Å². The Kier molecular flexibility index (Phi) is 5.16. The summed E-state index contributed by atoms with van der Waals surface area (Å²) in [5, 5.41) is 2.55. The number of hydrogen-bond donors (Lipinski definition) is 1. The topological polar surface area (TPSA) is 67.9 Å². The predicted molar refractivity (Wildman–Crippen MR) is 78.4 cm³/mol. The number of methoxy groups -OCH3 is 2. The number of hydrogen-bond acceptors (Lipinski definition) is 4. The highest BCUT2D eigenvalue weighted by molar-refractivity contribution is 5.96. The molecule has 1 heterocycles. The van der Waals surface area contributed by atoms with Crippen molar-refractivity contribution in [2.45, 2.75) is 18.9 Å². The van der Waals surface area contributed by atoms with Crippen LogP contribution in [0.1, 0.15) is 23.2 Å². The third-order valence-electron chi connectivity index (χ3n) is 3.54. The second kappa shape index (κ2) is 7.08. The average Bonchev–Trinajstić information content (AvgIpc) is 2.54. The number of piperidine rings is 1. The molecule has 6 nitrogen and oxygen atoms in total. The molecular weight excluding hydrogens is 272 g/mol. The molecule has 1 aromatic rings. The number of likely N-dealkylation sites (tertiary alicyclic amines) is 1. The SMILES string of the molecule is COC(=O)Nc1cccc(C(=O)N2CCC[C@@H](OC)C2)c1. The van der Waals surface area contributed by atoms with E-state index in [2.05, 4.69) is 10.1 Å². The molecule has 0 unspecified atom stereocenters. The van der Waals surface area contributed by atoms with Crippen molar-refractivity contribution in [3.8, 4) is 0 Å². The summed E-state index contributed by atoms with van der Waals surface area (Å²) in [4.78, 5) is 25.5. The number of carbonyl (C=O) groups is 2. The van der Waals surface area contributed by atoms with Crippen molar-refractivity contribution >= 4 is 17.7 Å². The molecule has 0 spiro atoms. The Labute approximate surface area is 124 Å². The van der Waals surface area contributed by atoms with Gasteiger partial charge >= 0.3 is 6.09 Å². The molecular formula is C15H20N2O4. The first-order valence-electron chi connectivity index (χ1n) is 6.91. The minimum absolute atomic E-state index is 0.0507. The lowest BCUT2D eigenvalue weighted by atomic mass is 10.1. The van der Waals surface area contributed by atoms with Gasteiger partial charge in [0, 0.05) is 31.5 Å². The molecule has 0 saturated carbocycles. The predicted octanol–water partition coefficient (Wildman–Crippen LogP) is 2.12. The van der Waals surface area contributed by atoms with E-state index >= 15 is 0 Å². The van der Waals surface area contributed by atoms with Crippen molar-refractivity contribution in [3.05, 3.63) is 29.8 Å². The van der Waals surface area contributed by atoms with Gasteiger partial charge in [-0.1, -0.05) is 6.07 Å². The van der Waals surface area contributed by atoms with E-state index < -0.39 is 6.09 Å². The number of carbonyl (C=O) groups excluding carboxylic acids is 2. The molecule has 1 N–H and O–H groups in total. The highest BCUT2D eigenvalue weighted by atomic mass is 16.5. The molecule has 0 bridgehead atoms. The van der Waals surface area contributed by atoms with Crippen LogP contribution in [0, 0.1) is 0 Å². The van der Waals surface area contributed by atoms with Gasteiger partial charge in [0.25, 0.3) is 5.91 Å². The zero-order chi connectivity index (χ0) is 15.2. The summed E-state index contributed by atoms with van der Waals surface area (Å²) in [5.41, 5.74) is 1.08. The second-order valence-corrected chi connectivity index (χ2v) is 4.95. The van der Waals surface area contributed by atoms with Crippen molar-refractivity contribution in [1.29, 1.82) is 0 Å². The minimum Gasteiger partial charge on any atom is -0.453 e. The minimum atomic E-state index is -0.558. The van der Waals surface area contributed by atoms with Crippen molar-refractivity contribution in [2.75, 3.05) is 32.6 Å². The lowest BCUT2D eigenvalue weighted by Crippen LogP contribution is -2.42. The summed E-state index contributed by atoms with van der Waals surface area (Å²) in [6.45, 7) is 1.33. The van der Waals surface area contributed by atoms with Crippen LogP contribution >= 0.6 is 0 Å². The van der Waals surface area contributed by atoms with Gasteiger partial charge in [0.1, 0.15) is 0 Å². The van der Waals surface area contributed by atoms with Crippen LogP contribution in [0.5, 0.6) is 0 Å². The van der Waals surface area contributed by atoms with E-state index in [1.807, 2.05) is 0 Å². The van der Waals surface area contributed by atoms with Crippen LogP contribution in [0.15, 0.2) is 24.3 Å². The maximum atomic E-state index is 12.5. The Bertz CT molecular complexity index is 518. The van der Waals surface area contributed by atoms with Gasteiger partial charge in [-0.05, 0) is 31.0 Å². The van der Waals surface area contributed by atoms with E-state index in [0.29, 0.717) is 17.8 Å². The van der Waals surface area contributed by atoms with Gasteiger partial charge in [-0.25, -0.2) is 4.79 Å². The Morgan fingerprint density at radius 2 is 2.14 bits per heavy atom. The summed E-state index contributed by atoms with van der Waals surface area (Å²) >= 11 is 0. The van der Waals surface area contributed by atoms with E-state index in [-0.39, 0.29) is 12.0 Å². The summed E-state index contributed by atoms with van der Waals surface area (Å²) < 4.78 is 9.87. The van der Waals surface area contributed by atoms with Gasteiger partial charge < -0.3 is 14.4 Å². The largest absolute Gasteiger partial charge is 0.453 e. The first kappa shape index (κ1) is 15.3. The summed E-state index contributed by atoms with van der Waals surface area (Å²) in [6, 6.07) is 6.83. The quantitative estimate of drug-likeness (QED) is 0.926. The molecule has 1 fully saturated rings. The van der Waals surface area contributed by atoms with Gasteiger partial charge in [0.15, 0.2) is 0 Å². The zero-order valence-corrected chi connectivity index (χ0v) is 12.3. The van der Waals surface area contributed by atoms with E-state index in [9.17, 15) is 9.59 Å². The van der Waals surface area contributed by atoms with Crippen LogP contribution < -0.4 is 5.32 Å². The second-order valence-electron chi connectivity index (χ2n) is 4.95. The van der Waals surface area contributed by atoms with E-state index in [0.717, 1.165) is 19.4 Å². The molecule has 0 radical (unpaired) electrons. The number of amides is 2. The number of ether oxygens (including phenoxy) is 2. The number of nitrogens with zero attached hydrogens (tertiary/aromatic N) is 1. The van der Waals surface area contributed by atoms with E-state index in [1.165, 1.54) is 7.11 Å². The van der Waals surface area contributed by atoms with Gasteiger partial charge in [0.05, 0.1) is 13.2 Å². The monoisotopic (exact) mass is 292 g/mol. The molecule has 1 aliphatic heterocycles. The molecule has 1 atom stereocenters. The Hall–Kier alpha value is -2.08. The highest BCUT2D eigenvalue weighted by Gasteiger charge is 2.24. The summed E-state index contributed by atoms with van der Waals surface area (Å²) in [6.07, 6.45) is 1.45. The van der Waals surface area contributed by atoms with Crippen molar-refractivity contribution in [1.82, 2.24) is 4.90 Å². The number of rotatable bonds is 3. The molecule has 1 aromatic carbocycles. The fraction of sp³-hybridized carbons (Fsp3) is 0.467. The van der Waals surface area contributed by atoms with Crippen LogP contribution in [0.25, 0.3) is 0 Å². The van der Waals surface area contributed by atoms with Gasteiger partial charge in [-0.15, -0.1) is 0 Å². The number of nitrogens with one attached hydrogen (secondary N) is 1. The summed E-state index contributed by atoms with van der Waals surface area (Å²) in [5.74, 6) is -0.0507. The molecule has 0 aliphatic carbocycles. The Morgan fingerprint density at radius 3 is 2.86 bits per heavy atom. The number of anilines is 1. The molecule has 1 saturated heterocycles. The third kappa shape index (κ3) is 3.95. The molecule has 114 valence electrons. The van der Waals surface area contributed by atoms with Gasteiger partial charge in [-0.2, -0.15) is 0 Å². The van der Waals surface area contributed by atoms with E-state index in [4.69, 9.17) is 4.74 Å². The normalized spacial score (nSPS) is 18.2. The fourth-order valence-corrected chi connectivity index (χ4v) is 2.40. The Morgan fingerprint density at radius 1 is 1.33 bits per heavy atom. The maximum Gasteiger partial charge on any atom is 0.411 e. The summed E-state index contributed by atoms with van der Waals surface area (Å²) in [7, 11) is 2.96. The molecule has 1 aliphatic rings. The first-order chi connectivity index (χ1) is 10.1. The first-order valence-corrected chi connectivity index (χ1v) is 6.91. The highest BCUT2D eigenvalue weighted by Crippen LogP contribution is 2.18.